The first-order valence-electron chi connectivity index (χ1n) is 9.40. The lowest BCUT2D eigenvalue weighted by molar-refractivity contribution is -0.129. The van der Waals surface area contributed by atoms with Crippen LogP contribution in [0.3, 0.4) is 0 Å². The lowest BCUT2D eigenvalue weighted by Crippen LogP contribution is -2.41. The highest BCUT2D eigenvalue weighted by Gasteiger charge is 2.49. The van der Waals surface area contributed by atoms with Gasteiger partial charge >= 0.3 is 6.61 Å². The molecule has 0 spiro atoms. The molecule has 5 nitrogen and oxygen atoms in total. The van der Waals surface area contributed by atoms with E-state index in [-0.39, 0.29) is 24.3 Å². The molecule has 0 fully saturated rings. The molecule has 158 valence electrons. The molecule has 3 rings (SSSR count). The Bertz CT molecular complexity index is 960. The van der Waals surface area contributed by atoms with E-state index < -0.39 is 12.2 Å². The van der Waals surface area contributed by atoms with Gasteiger partial charge in [-0.3, -0.25) is 14.1 Å². The van der Waals surface area contributed by atoms with Gasteiger partial charge in [-0.2, -0.15) is 8.78 Å². The maximum Gasteiger partial charge on any atom is 0.387 e. The number of carbonyl (C=O) groups is 1. The third-order valence-electron chi connectivity index (χ3n) is 4.86. The van der Waals surface area contributed by atoms with E-state index in [1.807, 2.05) is 24.3 Å². The van der Waals surface area contributed by atoms with Crippen LogP contribution < -0.4 is 10.5 Å². The van der Waals surface area contributed by atoms with Crippen molar-refractivity contribution in [3.05, 3.63) is 71.3 Å². The van der Waals surface area contributed by atoms with Gasteiger partial charge < -0.3 is 10.5 Å². The fourth-order valence-electron chi connectivity index (χ4n) is 3.34. The molecule has 0 saturated heterocycles. The minimum atomic E-state index is -2.95. The molecule has 8 heteroatoms. The van der Waals surface area contributed by atoms with Crippen LogP contribution in [-0.4, -0.2) is 37.1 Å². The van der Waals surface area contributed by atoms with Gasteiger partial charge in [0.25, 0.3) is 5.91 Å². The third-order valence-corrected chi connectivity index (χ3v) is 4.86. The summed E-state index contributed by atoms with van der Waals surface area (Å²) in [5.74, 6) is -0.331. The summed E-state index contributed by atoms with van der Waals surface area (Å²) in [5, 5.41) is 0. The first kappa shape index (κ1) is 21.4. The average molecular weight is 417 g/mol. The molecule has 0 aromatic heterocycles. The molecule has 0 saturated carbocycles. The van der Waals surface area contributed by atoms with Crippen molar-refractivity contribution in [3.63, 3.8) is 0 Å². The van der Waals surface area contributed by atoms with Crippen LogP contribution >= 0.6 is 0 Å². The standard InChI is InChI=1S/C22H22F3N3O2/c1-28-19(29)22(27-21(28)26,16-9-11-18(12-10-16)30-20(24)25)17-8-5-7-15(14-17)6-3-2-4-13-23/h3,5-12,14,20H,2,4,13H2,1H3,(H2,26,27)/b6-3+. The van der Waals surface area contributed by atoms with Crippen molar-refractivity contribution in [2.24, 2.45) is 10.7 Å². The van der Waals surface area contributed by atoms with E-state index in [9.17, 15) is 18.0 Å². The monoisotopic (exact) mass is 417 g/mol. The molecule has 1 aliphatic heterocycles. The second-order valence-electron chi connectivity index (χ2n) is 6.81. The largest absolute Gasteiger partial charge is 0.435 e. The maximum atomic E-state index is 13.2. The Kier molecular flexibility index (Phi) is 6.44. The van der Waals surface area contributed by atoms with E-state index in [1.165, 1.54) is 36.2 Å². The van der Waals surface area contributed by atoms with Crippen molar-refractivity contribution in [1.29, 1.82) is 0 Å². The van der Waals surface area contributed by atoms with Gasteiger partial charge in [-0.1, -0.05) is 42.5 Å². The molecule has 2 aromatic carbocycles. The summed E-state index contributed by atoms with van der Waals surface area (Å²) >= 11 is 0. The van der Waals surface area contributed by atoms with E-state index in [4.69, 9.17) is 5.73 Å². The van der Waals surface area contributed by atoms with Crippen molar-refractivity contribution >= 4 is 17.9 Å². The normalized spacial score (nSPS) is 19.0. The van der Waals surface area contributed by atoms with E-state index in [1.54, 1.807) is 12.1 Å². The number of allylic oxidation sites excluding steroid dienone is 1. The minimum absolute atomic E-state index is 0.0239. The summed E-state index contributed by atoms with van der Waals surface area (Å²) in [4.78, 5) is 19.0. The molecule has 2 N–H and O–H groups in total. The number of nitrogens with zero attached hydrogens (tertiary/aromatic N) is 2. The van der Waals surface area contributed by atoms with Gasteiger partial charge in [0.05, 0.1) is 6.67 Å². The van der Waals surface area contributed by atoms with Gasteiger partial charge in [0.2, 0.25) is 0 Å². The van der Waals surface area contributed by atoms with Gasteiger partial charge in [0.15, 0.2) is 11.5 Å². The first-order valence-corrected chi connectivity index (χ1v) is 9.40. The number of aliphatic imine (C=N–C) groups is 1. The minimum Gasteiger partial charge on any atom is -0.435 e. The van der Waals surface area contributed by atoms with Crippen LogP contribution in [0.5, 0.6) is 5.75 Å². The van der Waals surface area contributed by atoms with E-state index in [2.05, 4.69) is 9.73 Å². The van der Waals surface area contributed by atoms with Gasteiger partial charge in [-0.25, -0.2) is 4.99 Å². The van der Waals surface area contributed by atoms with Crippen LogP contribution in [-0.2, 0) is 10.3 Å². The summed E-state index contributed by atoms with van der Waals surface area (Å²) < 4.78 is 41.6. The van der Waals surface area contributed by atoms with Crippen molar-refractivity contribution in [2.45, 2.75) is 25.0 Å². The van der Waals surface area contributed by atoms with Crippen LogP contribution in [0.2, 0.25) is 0 Å². The average Bonchev–Trinajstić information content (AvgIpc) is 2.96. The fourth-order valence-corrected chi connectivity index (χ4v) is 3.34. The second kappa shape index (κ2) is 9.02. The fraction of sp³-hybridized carbons (Fsp3) is 0.273. The van der Waals surface area contributed by atoms with Crippen molar-refractivity contribution in [2.75, 3.05) is 13.7 Å². The number of benzene rings is 2. The number of hydrogen-bond donors (Lipinski definition) is 1. The number of carbonyl (C=O) groups excluding carboxylic acids is 1. The molecular formula is C22H22F3N3O2. The van der Waals surface area contributed by atoms with E-state index >= 15 is 0 Å². The second-order valence-corrected chi connectivity index (χ2v) is 6.81. The molecule has 1 atom stereocenters. The van der Waals surface area contributed by atoms with Crippen molar-refractivity contribution < 1.29 is 22.7 Å². The van der Waals surface area contributed by atoms with Gasteiger partial charge in [-0.15, -0.1) is 0 Å². The lowest BCUT2D eigenvalue weighted by Gasteiger charge is -2.26. The summed E-state index contributed by atoms with van der Waals surface area (Å²) in [6, 6.07) is 13.0. The summed E-state index contributed by atoms with van der Waals surface area (Å²) in [5.41, 5.74) is 6.38. The van der Waals surface area contributed by atoms with Crippen LogP contribution in [0, 0.1) is 0 Å². The van der Waals surface area contributed by atoms with Gasteiger partial charge in [0, 0.05) is 7.05 Å². The summed E-state index contributed by atoms with van der Waals surface area (Å²) in [6.45, 7) is -3.33. The molecule has 1 aliphatic rings. The number of ether oxygens (including phenoxy) is 1. The molecule has 30 heavy (non-hydrogen) atoms. The zero-order chi connectivity index (χ0) is 21.7. The molecule has 1 unspecified atom stereocenters. The van der Waals surface area contributed by atoms with E-state index in [0.717, 1.165) is 5.56 Å². The Morgan fingerprint density at radius 1 is 1.20 bits per heavy atom. The highest BCUT2D eigenvalue weighted by Crippen LogP contribution is 2.40. The smallest absolute Gasteiger partial charge is 0.387 e. The Morgan fingerprint density at radius 3 is 2.53 bits per heavy atom. The number of unbranched alkanes of at least 4 members (excludes halogenated alkanes) is 1. The zero-order valence-electron chi connectivity index (χ0n) is 16.4. The number of hydrogen-bond acceptors (Lipinski definition) is 4. The van der Waals surface area contributed by atoms with Crippen LogP contribution in [0.4, 0.5) is 13.2 Å². The Labute approximate surface area is 172 Å². The Balaban J connectivity index is 2.05. The first-order chi connectivity index (χ1) is 14.4. The summed E-state index contributed by atoms with van der Waals surface area (Å²) in [7, 11) is 1.53. The molecular weight excluding hydrogens is 395 g/mol. The molecule has 0 radical (unpaired) electrons. The highest BCUT2D eigenvalue weighted by atomic mass is 19.3. The molecule has 1 heterocycles. The van der Waals surface area contributed by atoms with Crippen LogP contribution in [0.1, 0.15) is 29.5 Å². The molecule has 0 bridgehead atoms. The zero-order valence-corrected chi connectivity index (χ0v) is 16.4. The SMILES string of the molecule is CN1C(=O)C(c2ccc(OC(F)F)cc2)(c2cccc(/C=C/CCCF)c2)N=C1N. The number of guanidine groups is 1. The predicted octanol–water partition coefficient (Wildman–Crippen LogP) is 4.08. The van der Waals surface area contributed by atoms with Crippen molar-refractivity contribution in [1.82, 2.24) is 4.90 Å². The Hall–Kier alpha value is -3.29. The lowest BCUT2D eigenvalue weighted by atomic mass is 9.82. The van der Waals surface area contributed by atoms with Crippen LogP contribution in [0.15, 0.2) is 59.6 Å². The third kappa shape index (κ3) is 4.17. The number of amides is 1. The highest BCUT2D eigenvalue weighted by molar-refractivity contribution is 6.09. The van der Waals surface area contributed by atoms with Gasteiger partial charge in [0.1, 0.15) is 5.75 Å². The molecule has 1 amide bonds. The predicted molar refractivity (Wildman–Crippen MR) is 109 cm³/mol. The van der Waals surface area contributed by atoms with E-state index in [0.29, 0.717) is 24.0 Å². The Morgan fingerprint density at radius 2 is 1.93 bits per heavy atom. The van der Waals surface area contributed by atoms with Crippen molar-refractivity contribution in [3.8, 4) is 5.75 Å². The quantitative estimate of drug-likeness (QED) is 0.658. The van der Waals surface area contributed by atoms with Crippen LogP contribution in [0.25, 0.3) is 6.08 Å². The maximum absolute atomic E-state index is 13.2. The topological polar surface area (TPSA) is 67.9 Å². The molecule has 2 aromatic rings. The van der Waals surface area contributed by atoms with Gasteiger partial charge in [-0.05, 0) is 47.7 Å². The summed E-state index contributed by atoms with van der Waals surface area (Å²) in [6.07, 6.45) is 4.76. The number of alkyl halides is 3. The number of halogens is 3. The molecule has 0 aliphatic carbocycles. The number of nitrogens with two attached hydrogens (primary N) is 1. The number of likely N-dealkylation sites (N-methyl/N-ethyl adjacent to an activating group) is 1. The number of rotatable bonds is 8.